The van der Waals surface area contributed by atoms with E-state index >= 15 is 0 Å². The Morgan fingerprint density at radius 1 is 1.11 bits per heavy atom. The second-order valence-corrected chi connectivity index (χ2v) is 11.2. The van der Waals surface area contributed by atoms with Crippen molar-refractivity contribution in [2.45, 2.75) is 70.4 Å². The molecule has 2 unspecified atom stereocenters. The van der Waals surface area contributed by atoms with Crippen LogP contribution in [0.1, 0.15) is 62.6 Å². The first-order valence-electron chi connectivity index (χ1n) is 13.8. The number of anilines is 2. The number of nitrogens with zero attached hydrogens (tertiary/aromatic N) is 2. The van der Waals surface area contributed by atoms with Crippen molar-refractivity contribution in [2.24, 2.45) is 11.8 Å². The van der Waals surface area contributed by atoms with Crippen LogP contribution in [0.5, 0.6) is 0 Å². The molecule has 194 valence electrons. The molecule has 1 aromatic heterocycles. The molecule has 3 aliphatic heterocycles. The molecule has 2 N–H and O–H groups in total. The van der Waals surface area contributed by atoms with Gasteiger partial charge in [-0.2, -0.15) is 0 Å². The Balaban J connectivity index is 1.33. The van der Waals surface area contributed by atoms with Crippen LogP contribution in [0.3, 0.4) is 0 Å². The number of nitrogens with one attached hydrogen (secondary N) is 2. The van der Waals surface area contributed by atoms with Gasteiger partial charge in [-0.1, -0.05) is 17.7 Å². The van der Waals surface area contributed by atoms with E-state index in [1.54, 1.807) is 6.07 Å². The number of hydrogen-bond donors (Lipinski definition) is 2. The summed E-state index contributed by atoms with van der Waals surface area (Å²) in [6, 6.07) is 11.7. The molecule has 6 rings (SSSR count). The standard InChI is InChI=1S/C30H36N4O3/c1-19(35)32-23-10-11-26-22(15-23)16-25(30(37)31-13-12-20-6-3-2-4-7-20)29-24-14-21(18-34(26)29)17-33-27(24)8-5-9-28(33)36/h5-6,8-11,15,21,24-25,29H,2-4,7,12-14,16-18H2,1H3,(H,31,37)(H,32,35)/t21-,24+,25?,29?/m0/s1. The molecule has 0 saturated carbocycles. The quantitative estimate of drug-likeness (QED) is 0.609. The van der Waals surface area contributed by atoms with Gasteiger partial charge in [-0.25, -0.2) is 0 Å². The molecule has 2 bridgehead atoms. The van der Waals surface area contributed by atoms with Crippen LogP contribution in [0.4, 0.5) is 11.4 Å². The summed E-state index contributed by atoms with van der Waals surface area (Å²) >= 11 is 0. The number of fused-ring (bicyclic) bond motifs is 8. The van der Waals surface area contributed by atoms with Gasteiger partial charge in [-0.15, -0.1) is 0 Å². The summed E-state index contributed by atoms with van der Waals surface area (Å²) in [7, 11) is 0. The maximum absolute atomic E-state index is 13.8. The summed E-state index contributed by atoms with van der Waals surface area (Å²) in [6.45, 7) is 3.72. The molecule has 1 saturated heterocycles. The van der Waals surface area contributed by atoms with Crippen molar-refractivity contribution in [1.82, 2.24) is 9.88 Å². The summed E-state index contributed by atoms with van der Waals surface area (Å²) in [5.41, 5.74) is 5.59. The number of aromatic nitrogens is 1. The Kier molecular flexibility index (Phi) is 6.39. The highest BCUT2D eigenvalue weighted by Crippen LogP contribution is 2.48. The van der Waals surface area contributed by atoms with E-state index in [9.17, 15) is 14.4 Å². The molecular weight excluding hydrogens is 464 g/mol. The number of hydrogen-bond acceptors (Lipinski definition) is 4. The monoisotopic (exact) mass is 500 g/mol. The van der Waals surface area contributed by atoms with Crippen molar-refractivity contribution in [3.63, 3.8) is 0 Å². The Bertz CT molecular complexity index is 1310. The molecule has 0 radical (unpaired) electrons. The summed E-state index contributed by atoms with van der Waals surface area (Å²) < 4.78 is 1.94. The zero-order valence-corrected chi connectivity index (χ0v) is 21.5. The van der Waals surface area contributed by atoms with Crippen molar-refractivity contribution >= 4 is 23.2 Å². The van der Waals surface area contributed by atoms with Crippen molar-refractivity contribution in [3.05, 3.63) is 69.7 Å². The first-order valence-corrected chi connectivity index (χ1v) is 13.8. The predicted octanol–water partition coefficient (Wildman–Crippen LogP) is 3.98. The van der Waals surface area contributed by atoms with Crippen LogP contribution in [0.25, 0.3) is 0 Å². The van der Waals surface area contributed by atoms with Crippen molar-refractivity contribution in [2.75, 3.05) is 23.3 Å². The third kappa shape index (κ3) is 4.60. The van der Waals surface area contributed by atoms with Crippen LogP contribution in [0.15, 0.2) is 52.8 Å². The average molecular weight is 501 g/mol. The maximum atomic E-state index is 13.8. The summed E-state index contributed by atoms with van der Waals surface area (Å²) in [5.74, 6) is 0.247. The number of benzene rings is 1. The number of carbonyl (C=O) groups excluding carboxylic acids is 2. The summed E-state index contributed by atoms with van der Waals surface area (Å²) in [5, 5.41) is 6.17. The van der Waals surface area contributed by atoms with E-state index in [1.165, 1.54) is 25.3 Å². The molecule has 2 amide bonds. The molecule has 7 nitrogen and oxygen atoms in total. The van der Waals surface area contributed by atoms with Gasteiger partial charge in [0, 0.05) is 61.7 Å². The summed E-state index contributed by atoms with van der Waals surface area (Å²) in [4.78, 5) is 40.7. The van der Waals surface area contributed by atoms with E-state index in [4.69, 9.17) is 0 Å². The van der Waals surface area contributed by atoms with Gasteiger partial charge in [-0.3, -0.25) is 14.4 Å². The largest absolute Gasteiger partial charge is 0.366 e. The highest BCUT2D eigenvalue weighted by molar-refractivity contribution is 5.89. The first kappa shape index (κ1) is 24.0. The Labute approximate surface area is 217 Å². The molecule has 4 atom stereocenters. The lowest BCUT2D eigenvalue weighted by Gasteiger charge is -2.54. The second-order valence-electron chi connectivity index (χ2n) is 11.2. The Hall–Kier alpha value is -3.35. The second kappa shape index (κ2) is 9.84. The number of pyridine rings is 1. The van der Waals surface area contributed by atoms with Gasteiger partial charge >= 0.3 is 0 Å². The topological polar surface area (TPSA) is 83.4 Å². The number of allylic oxidation sites excluding steroid dienone is 1. The van der Waals surface area contributed by atoms with Gasteiger partial charge < -0.3 is 20.1 Å². The lowest BCUT2D eigenvalue weighted by Crippen LogP contribution is -2.60. The van der Waals surface area contributed by atoms with E-state index in [1.807, 2.05) is 22.8 Å². The molecule has 1 fully saturated rings. The lowest BCUT2D eigenvalue weighted by atomic mass is 9.69. The number of carbonyl (C=O) groups is 2. The van der Waals surface area contributed by atoms with Gasteiger partial charge in [0.05, 0.1) is 5.92 Å². The third-order valence-electron chi connectivity index (χ3n) is 8.75. The molecule has 2 aromatic rings. The zero-order valence-electron chi connectivity index (χ0n) is 21.5. The highest BCUT2D eigenvalue weighted by atomic mass is 16.2. The van der Waals surface area contributed by atoms with Crippen molar-refractivity contribution in [3.8, 4) is 0 Å². The average Bonchev–Trinajstić information content (AvgIpc) is 2.89. The van der Waals surface area contributed by atoms with Gasteiger partial charge in [0.1, 0.15) is 0 Å². The zero-order chi connectivity index (χ0) is 25.5. The van der Waals surface area contributed by atoms with Crippen LogP contribution in [-0.2, 0) is 22.6 Å². The Morgan fingerprint density at radius 3 is 2.81 bits per heavy atom. The molecule has 4 aliphatic rings. The van der Waals surface area contributed by atoms with Crippen LogP contribution in [0.2, 0.25) is 0 Å². The number of rotatable bonds is 5. The SMILES string of the molecule is CC(=O)Nc1ccc2c(c1)CC(C(=O)NCCC1=CCCCC1)C1[C@@H]3C[C@H](CN21)Cn1c3cccc1=O. The normalized spacial score (nSPS) is 25.8. The van der Waals surface area contributed by atoms with Gasteiger partial charge in [0.25, 0.3) is 5.56 Å². The van der Waals surface area contributed by atoms with Crippen LogP contribution in [0, 0.1) is 11.8 Å². The van der Waals surface area contributed by atoms with E-state index in [0.717, 1.165) is 61.4 Å². The minimum atomic E-state index is -0.228. The van der Waals surface area contributed by atoms with E-state index in [2.05, 4.69) is 33.7 Å². The van der Waals surface area contributed by atoms with E-state index in [-0.39, 0.29) is 35.3 Å². The first-order chi connectivity index (χ1) is 18.0. The van der Waals surface area contributed by atoms with Crippen LogP contribution in [-0.4, -0.2) is 35.5 Å². The van der Waals surface area contributed by atoms with Crippen LogP contribution >= 0.6 is 0 Å². The van der Waals surface area contributed by atoms with Crippen LogP contribution < -0.4 is 21.1 Å². The maximum Gasteiger partial charge on any atom is 0.250 e. The van der Waals surface area contributed by atoms with E-state index < -0.39 is 0 Å². The number of amides is 2. The fourth-order valence-corrected chi connectivity index (χ4v) is 7.21. The van der Waals surface area contributed by atoms with Crippen molar-refractivity contribution < 1.29 is 9.59 Å². The molecule has 7 heteroatoms. The number of piperidine rings is 1. The fraction of sp³-hybridized carbons (Fsp3) is 0.500. The van der Waals surface area contributed by atoms with E-state index in [0.29, 0.717) is 18.9 Å². The summed E-state index contributed by atoms with van der Waals surface area (Å²) in [6.07, 6.45) is 9.69. The molecular formula is C30H36N4O3. The predicted molar refractivity (Wildman–Crippen MR) is 145 cm³/mol. The lowest BCUT2D eigenvalue weighted by molar-refractivity contribution is -0.126. The minimum Gasteiger partial charge on any atom is -0.366 e. The van der Waals surface area contributed by atoms with Gasteiger partial charge in [0.15, 0.2) is 0 Å². The molecule has 1 aromatic carbocycles. The van der Waals surface area contributed by atoms with Gasteiger partial charge in [-0.05, 0) is 80.7 Å². The third-order valence-corrected chi connectivity index (χ3v) is 8.75. The van der Waals surface area contributed by atoms with Crippen molar-refractivity contribution in [1.29, 1.82) is 0 Å². The highest BCUT2D eigenvalue weighted by Gasteiger charge is 2.49. The Morgan fingerprint density at radius 2 is 2.00 bits per heavy atom. The minimum absolute atomic E-state index is 0.00221. The molecule has 1 aliphatic carbocycles. The molecule has 0 spiro atoms. The molecule has 4 heterocycles. The van der Waals surface area contributed by atoms with Gasteiger partial charge in [0.2, 0.25) is 11.8 Å². The fourth-order valence-electron chi connectivity index (χ4n) is 7.21. The smallest absolute Gasteiger partial charge is 0.250 e. The molecule has 37 heavy (non-hydrogen) atoms.